The van der Waals surface area contributed by atoms with Gasteiger partial charge >= 0.3 is 0 Å². The molecule has 70 valence electrons. The monoisotopic (exact) mass is 181 g/mol. The van der Waals surface area contributed by atoms with Gasteiger partial charge in [-0.15, -0.1) is 0 Å². The zero-order valence-corrected chi connectivity index (χ0v) is 7.14. The summed E-state index contributed by atoms with van der Waals surface area (Å²) in [5.74, 6) is -0.844. The lowest BCUT2D eigenvalue weighted by molar-refractivity contribution is -0.160. The summed E-state index contributed by atoms with van der Waals surface area (Å²) in [6.07, 6.45) is 3.10. The summed E-state index contributed by atoms with van der Waals surface area (Å²) in [5, 5.41) is 0. The molecule has 5 nitrogen and oxygen atoms in total. The smallest absolute Gasteiger partial charge is 0.225 e. The molecule has 1 fully saturated rings. The predicted octanol–water partition coefficient (Wildman–Crippen LogP) is -0.365. The number of hydrogen-bond donors (Lipinski definition) is 1. The Morgan fingerprint density at radius 1 is 1.46 bits per heavy atom. The van der Waals surface area contributed by atoms with Gasteiger partial charge in [0.05, 0.1) is 19.8 Å². The summed E-state index contributed by atoms with van der Waals surface area (Å²) >= 11 is 0. The summed E-state index contributed by atoms with van der Waals surface area (Å²) in [4.78, 5) is 7.88. The van der Waals surface area contributed by atoms with E-state index in [2.05, 4.69) is 9.97 Å². The van der Waals surface area contributed by atoms with Gasteiger partial charge in [-0.3, -0.25) is 0 Å². The Kier molecular flexibility index (Phi) is 2.22. The Morgan fingerprint density at radius 3 is 2.77 bits per heavy atom. The Morgan fingerprint density at radius 2 is 2.23 bits per heavy atom. The van der Waals surface area contributed by atoms with Gasteiger partial charge in [0, 0.05) is 6.20 Å². The first-order chi connectivity index (χ1) is 6.37. The minimum atomic E-state index is -0.844. The maximum Gasteiger partial charge on any atom is 0.225 e. The van der Waals surface area contributed by atoms with E-state index in [0.717, 1.165) is 0 Å². The lowest BCUT2D eigenvalue weighted by Gasteiger charge is -2.24. The van der Waals surface area contributed by atoms with Crippen LogP contribution in [0.5, 0.6) is 0 Å². The van der Waals surface area contributed by atoms with Crippen LogP contribution in [0.15, 0.2) is 18.6 Å². The van der Waals surface area contributed by atoms with E-state index in [-0.39, 0.29) is 6.54 Å². The highest BCUT2D eigenvalue weighted by Crippen LogP contribution is 2.27. The van der Waals surface area contributed by atoms with Crippen LogP contribution in [0.3, 0.4) is 0 Å². The van der Waals surface area contributed by atoms with E-state index in [4.69, 9.17) is 15.2 Å². The number of nitrogens with zero attached hydrogens (tertiary/aromatic N) is 2. The molecule has 0 bridgehead atoms. The Balaban J connectivity index is 2.31. The minimum Gasteiger partial charge on any atom is -0.341 e. The molecule has 1 aliphatic rings. The summed E-state index contributed by atoms with van der Waals surface area (Å²) in [7, 11) is 0. The number of hydrogen-bond acceptors (Lipinski definition) is 5. The van der Waals surface area contributed by atoms with Gasteiger partial charge in [-0.2, -0.15) is 0 Å². The molecule has 0 aliphatic carbocycles. The average Bonchev–Trinajstić information content (AvgIpc) is 2.69. The van der Waals surface area contributed by atoms with Crippen LogP contribution in [0.1, 0.15) is 5.69 Å². The van der Waals surface area contributed by atoms with Crippen LogP contribution in [0.4, 0.5) is 0 Å². The number of rotatable bonds is 2. The van der Waals surface area contributed by atoms with Crippen LogP contribution < -0.4 is 5.73 Å². The van der Waals surface area contributed by atoms with Gasteiger partial charge in [-0.1, -0.05) is 0 Å². The molecule has 0 radical (unpaired) electrons. The third-order valence-corrected chi connectivity index (χ3v) is 1.99. The second-order valence-electron chi connectivity index (χ2n) is 2.75. The minimum absolute atomic E-state index is 0.268. The van der Waals surface area contributed by atoms with E-state index in [0.29, 0.717) is 18.9 Å². The normalized spacial score (nSPS) is 20.4. The summed E-state index contributed by atoms with van der Waals surface area (Å²) in [5.41, 5.74) is 6.27. The van der Waals surface area contributed by atoms with E-state index in [1.807, 2.05) is 0 Å². The van der Waals surface area contributed by atoms with Crippen molar-refractivity contribution in [2.75, 3.05) is 19.8 Å². The molecule has 13 heavy (non-hydrogen) atoms. The quantitative estimate of drug-likeness (QED) is 0.674. The van der Waals surface area contributed by atoms with E-state index in [9.17, 15) is 0 Å². The van der Waals surface area contributed by atoms with Crippen LogP contribution in [0.2, 0.25) is 0 Å². The summed E-state index contributed by atoms with van der Waals surface area (Å²) in [6.45, 7) is 1.38. The number of ether oxygens (including phenoxy) is 2. The van der Waals surface area contributed by atoms with Crippen LogP contribution >= 0.6 is 0 Å². The molecule has 2 rings (SSSR count). The van der Waals surface area contributed by atoms with Gasteiger partial charge in [-0.05, 0) is 6.07 Å². The fourth-order valence-electron chi connectivity index (χ4n) is 1.34. The molecule has 2 N–H and O–H groups in total. The van der Waals surface area contributed by atoms with Crippen molar-refractivity contribution in [3.05, 3.63) is 24.3 Å². The predicted molar refractivity (Wildman–Crippen MR) is 44.7 cm³/mol. The fourth-order valence-corrected chi connectivity index (χ4v) is 1.34. The molecule has 1 saturated heterocycles. The van der Waals surface area contributed by atoms with E-state index < -0.39 is 5.79 Å². The maximum atomic E-state index is 5.59. The molecule has 0 saturated carbocycles. The van der Waals surface area contributed by atoms with Crippen molar-refractivity contribution in [1.82, 2.24) is 9.97 Å². The topological polar surface area (TPSA) is 70.3 Å². The highest BCUT2D eigenvalue weighted by molar-refractivity contribution is 5.08. The highest BCUT2D eigenvalue weighted by atomic mass is 16.7. The van der Waals surface area contributed by atoms with Gasteiger partial charge in [0.2, 0.25) is 5.79 Å². The third-order valence-electron chi connectivity index (χ3n) is 1.99. The second-order valence-corrected chi connectivity index (χ2v) is 2.75. The van der Waals surface area contributed by atoms with Crippen LogP contribution in [-0.2, 0) is 15.3 Å². The van der Waals surface area contributed by atoms with Crippen molar-refractivity contribution < 1.29 is 9.47 Å². The third kappa shape index (κ3) is 1.41. The standard InChI is InChI=1S/C8H11N3O2/c9-5-8(12-3-4-13-8)7-1-2-10-6-11-7/h1-2,6H,3-5,9H2. The van der Waals surface area contributed by atoms with Gasteiger partial charge in [0.1, 0.15) is 12.0 Å². The van der Waals surface area contributed by atoms with Crippen molar-refractivity contribution in [2.24, 2.45) is 5.73 Å². The van der Waals surface area contributed by atoms with Crippen LogP contribution in [0.25, 0.3) is 0 Å². The average molecular weight is 181 g/mol. The second kappa shape index (κ2) is 3.37. The van der Waals surface area contributed by atoms with Gasteiger partial charge < -0.3 is 15.2 Å². The van der Waals surface area contributed by atoms with E-state index >= 15 is 0 Å². The molecule has 1 aromatic heterocycles. The Bertz CT molecular complexity index is 272. The first kappa shape index (κ1) is 8.55. The SMILES string of the molecule is NCC1(c2ccncn2)OCCO1. The number of nitrogens with two attached hydrogens (primary N) is 1. The molecule has 5 heteroatoms. The molecular weight excluding hydrogens is 170 g/mol. The zero-order valence-electron chi connectivity index (χ0n) is 7.14. The molecule has 0 unspecified atom stereocenters. The summed E-state index contributed by atoms with van der Waals surface area (Å²) < 4.78 is 10.9. The van der Waals surface area contributed by atoms with Gasteiger partial charge in [-0.25, -0.2) is 9.97 Å². The molecule has 1 aromatic rings. The fraction of sp³-hybridized carbons (Fsp3) is 0.500. The first-order valence-corrected chi connectivity index (χ1v) is 4.12. The van der Waals surface area contributed by atoms with Gasteiger partial charge in [0.15, 0.2) is 0 Å². The van der Waals surface area contributed by atoms with Crippen molar-refractivity contribution in [3.63, 3.8) is 0 Å². The molecule has 2 heterocycles. The molecule has 1 aliphatic heterocycles. The lowest BCUT2D eigenvalue weighted by atomic mass is 10.2. The van der Waals surface area contributed by atoms with E-state index in [1.54, 1.807) is 12.3 Å². The summed E-state index contributed by atoms with van der Waals surface area (Å²) in [6, 6.07) is 1.75. The maximum absolute atomic E-state index is 5.59. The largest absolute Gasteiger partial charge is 0.341 e. The van der Waals surface area contributed by atoms with Crippen molar-refractivity contribution in [3.8, 4) is 0 Å². The van der Waals surface area contributed by atoms with Gasteiger partial charge in [0.25, 0.3) is 0 Å². The Labute approximate surface area is 75.9 Å². The molecule has 0 aromatic carbocycles. The molecular formula is C8H11N3O2. The van der Waals surface area contributed by atoms with Crippen molar-refractivity contribution >= 4 is 0 Å². The first-order valence-electron chi connectivity index (χ1n) is 4.12. The van der Waals surface area contributed by atoms with E-state index in [1.165, 1.54) is 6.33 Å². The lowest BCUT2D eigenvalue weighted by Crippen LogP contribution is -2.36. The molecule has 0 spiro atoms. The highest BCUT2D eigenvalue weighted by Gasteiger charge is 2.38. The van der Waals surface area contributed by atoms with Crippen LogP contribution in [-0.4, -0.2) is 29.7 Å². The Hall–Kier alpha value is -1.04. The molecule has 0 atom stereocenters. The molecule has 0 amide bonds. The zero-order chi connectivity index (χ0) is 9.15. The van der Waals surface area contributed by atoms with Crippen LogP contribution in [0, 0.1) is 0 Å². The van der Waals surface area contributed by atoms with Crippen molar-refractivity contribution in [2.45, 2.75) is 5.79 Å². The number of aromatic nitrogens is 2. The van der Waals surface area contributed by atoms with Crippen molar-refractivity contribution in [1.29, 1.82) is 0 Å².